The molecule has 1 amide bonds. The summed E-state index contributed by atoms with van der Waals surface area (Å²) in [6.45, 7) is 4.02. The number of hydrogen-bond donors (Lipinski definition) is 1. The number of hydrogen-bond acceptors (Lipinski definition) is 5. The van der Waals surface area contributed by atoms with Crippen LogP contribution in [-0.4, -0.2) is 37.6 Å². The second-order valence-electron chi connectivity index (χ2n) is 7.29. The summed E-state index contributed by atoms with van der Waals surface area (Å²) in [7, 11) is 1.98. The number of anilines is 1. The molecule has 0 saturated heterocycles. The van der Waals surface area contributed by atoms with Crippen LogP contribution in [0.4, 0.5) is 5.00 Å². The number of carbonyl (C=O) groups excluding carboxylic acids is 1. The van der Waals surface area contributed by atoms with E-state index in [9.17, 15) is 10.1 Å². The second kappa shape index (κ2) is 9.72. The van der Waals surface area contributed by atoms with E-state index < -0.39 is 0 Å². The first kappa shape index (κ1) is 20.4. The third kappa shape index (κ3) is 5.34. The van der Waals surface area contributed by atoms with Gasteiger partial charge in [-0.3, -0.25) is 4.79 Å². The van der Waals surface area contributed by atoms with Gasteiger partial charge >= 0.3 is 0 Å². The van der Waals surface area contributed by atoms with Crippen LogP contribution >= 0.6 is 11.3 Å². The molecule has 0 unspecified atom stereocenters. The third-order valence-electron chi connectivity index (χ3n) is 4.99. The summed E-state index contributed by atoms with van der Waals surface area (Å²) >= 11 is 1.57. The van der Waals surface area contributed by atoms with Gasteiger partial charge in [0.05, 0.1) is 5.56 Å². The molecule has 0 fully saturated rings. The third-order valence-corrected chi connectivity index (χ3v) is 6.20. The molecule has 28 heavy (non-hydrogen) atoms. The van der Waals surface area contributed by atoms with Gasteiger partial charge in [-0.2, -0.15) is 5.26 Å². The van der Waals surface area contributed by atoms with Gasteiger partial charge in [0.15, 0.2) is 0 Å². The molecule has 1 aliphatic rings. The van der Waals surface area contributed by atoms with Gasteiger partial charge < -0.3 is 15.0 Å². The second-order valence-corrected chi connectivity index (χ2v) is 8.40. The molecule has 0 spiro atoms. The Morgan fingerprint density at radius 3 is 2.93 bits per heavy atom. The van der Waals surface area contributed by atoms with Crippen LogP contribution in [0.3, 0.4) is 0 Å². The zero-order valence-electron chi connectivity index (χ0n) is 16.6. The Hall–Kier alpha value is -2.36. The normalized spacial score (nSPS) is 13.1. The fourth-order valence-electron chi connectivity index (χ4n) is 3.39. The molecule has 0 aliphatic heterocycles. The van der Waals surface area contributed by atoms with Crippen LogP contribution in [-0.2, 0) is 17.6 Å². The van der Waals surface area contributed by atoms with Crippen LogP contribution in [0.1, 0.15) is 40.8 Å². The first-order chi connectivity index (χ1) is 13.6. The Bertz CT molecular complexity index is 869. The van der Waals surface area contributed by atoms with Crippen LogP contribution in [0.15, 0.2) is 24.3 Å². The number of nitrogens with zero attached hydrogens (tertiary/aromatic N) is 2. The van der Waals surface area contributed by atoms with Gasteiger partial charge in [-0.1, -0.05) is 12.1 Å². The molecule has 3 rings (SSSR count). The summed E-state index contributed by atoms with van der Waals surface area (Å²) < 4.78 is 5.76. The Kier molecular flexibility index (Phi) is 7.07. The number of thiophene rings is 1. The number of aryl methyl sites for hydroxylation is 2. The van der Waals surface area contributed by atoms with Gasteiger partial charge in [0, 0.05) is 24.4 Å². The zero-order chi connectivity index (χ0) is 19.9. The predicted octanol–water partition coefficient (Wildman–Crippen LogP) is 4.15. The van der Waals surface area contributed by atoms with Crippen LogP contribution in [0.2, 0.25) is 0 Å². The SMILES string of the molecule is Cc1cccc(OCCN(C)CCC(=O)Nc2sc3c(c2C#N)CCCC3)c1. The summed E-state index contributed by atoms with van der Waals surface area (Å²) in [6, 6.07) is 10.3. The lowest BCUT2D eigenvalue weighted by atomic mass is 9.96. The number of benzene rings is 1. The highest BCUT2D eigenvalue weighted by Crippen LogP contribution is 2.37. The van der Waals surface area contributed by atoms with E-state index in [1.807, 2.05) is 38.2 Å². The molecule has 1 aliphatic carbocycles. The van der Waals surface area contributed by atoms with Crippen LogP contribution in [0.25, 0.3) is 0 Å². The number of rotatable bonds is 8. The van der Waals surface area contributed by atoms with Gasteiger partial charge in [-0.25, -0.2) is 0 Å². The summed E-state index contributed by atoms with van der Waals surface area (Å²) in [5.74, 6) is 0.832. The first-order valence-corrected chi connectivity index (χ1v) is 10.6. The first-order valence-electron chi connectivity index (χ1n) is 9.79. The summed E-state index contributed by atoms with van der Waals surface area (Å²) in [6.07, 6.45) is 4.67. The van der Waals surface area contributed by atoms with Crippen molar-refractivity contribution in [2.24, 2.45) is 0 Å². The van der Waals surface area contributed by atoms with Crippen molar-refractivity contribution < 1.29 is 9.53 Å². The highest BCUT2D eigenvalue weighted by Gasteiger charge is 2.21. The van der Waals surface area contributed by atoms with Gasteiger partial charge in [0.1, 0.15) is 23.4 Å². The van der Waals surface area contributed by atoms with Gasteiger partial charge in [-0.15, -0.1) is 11.3 Å². The quantitative estimate of drug-likeness (QED) is 0.727. The van der Waals surface area contributed by atoms with E-state index in [0.717, 1.165) is 42.1 Å². The molecule has 1 aromatic carbocycles. The summed E-state index contributed by atoms with van der Waals surface area (Å²) in [5.41, 5.74) is 3.00. The Morgan fingerprint density at radius 1 is 1.32 bits per heavy atom. The maximum Gasteiger partial charge on any atom is 0.226 e. The minimum atomic E-state index is -0.0402. The van der Waals surface area contributed by atoms with Crippen molar-refractivity contribution in [3.05, 3.63) is 45.8 Å². The predicted molar refractivity (Wildman–Crippen MR) is 113 cm³/mol. The van der Waals surface area contributed by atoms with Gasteiger partial charge in [0.25, 0.3) is 0 Å². The van der Waals surface area contributed by atoms with Crippen molar-refractivity contribution in [2.75, 3.05) is 32.1 Å². The fraction of sp³-hybridized carbons (Fsp3) is 0.455. The van der Waals surface area contributed by atoms with Crippen molar-refractivity contribution in [3.63, 3.8) is 0 Å². The number of fused-ring (bicyclic) bond motifs is 1. The molecule has 0 bridgehead atoms. The summed E-state index contributed by atoms with van der Waals surface area (Å²) in [5, 5.41) is 13.2. The highest BCUT2D eigenvalue weighted by atomic mass is 32.1. The van der Waals surface area contributed by atoms with Crippen LogP contribution < -0.4 is 10.1 Å². The van der Waals surface area contributed by atoms with Crippen molar-refractivity contribution in [1.82, 2.24) is 4.90 Å². The Balaban J connectivity index is 1.43. The molecule has 0 saturated carbocycles. The summed E-state index contributed by atoms with van der Waals surface area (Å²) in [4.78, 5) is 15.7. The van der Waals surface area contributed by atoms with E-state index >= 15 is 0 Å². The molecule has 1 N–H and O–H groups in total. The van der Waals surface area contributed by atoms with E-state index in [2.05, 4.69) is 16.3 Å². The van der Waals surface area contributed by atoms with Crippen molar-refractivity contribution in [2.45, 2.75) is 39.0 Å². The molecule has 0 radical (unpaired) electrons. The van der Waals surface area contributed by atoms with Gasteiger partial charge in [-0.05, 0) is 62.9 Å². The molecule has 2 aromatic rings. The van der Waals surface area contributed by atoms with Gasteiger partial charge in [0.2, 0.25) is 5.91 Å². The molecule has 148 valence electrons. The van der Waals surface area contributed by atoms with Crippen molar-refractivity contribution in [1.29, 1.82) is 5.26 Å². The minimum absolute atomic E-state index is 0.0402. The Morgan fingerprint density at radius 2 is 2.14 bits per heavy atom. The van der Waals surface area contributed by atoms with Crippen LogP contribution in [0, 0.1) is 18.3 Å². The molecule has 6 heteroatoms. The maximum absolute atomic E-state index is 12.4. The van der Waals surface area contributed by atoms with Crippen molar-refractivity contribution in [3.8, 4) is 11.8 Å². The lowest BCUT2D eigenvalue weighted by molar-refractivity contribution is -0.116. The van der Waals surface area contributed by atoms with Crippen molar-refractivity contribution >= 4 is 22.2 Å². The molecule has 0 atom stereocenters. The standard InChI is InChI=1S/C22H27N3O2S/c1-16-6-5-7-17(14-16)27-13-12-25(2)11-10-21(26)24-22-19(15-23)18-8-3-4-9-20(18)28-22/h5-7,14H,3-4,8-13H2,1-2H3,(H,24,26). The minimum Gasteiger partial charge on any atom is -0.492 e. The number of carbonyl (C=O) groups is 1. The lowest BCUT2D eigenvalue weighted by Gasteiger charge is -2.16. The number of amides is 1. The maximum atomic E-state index is 12.4. The number of nitrogens with one attached hydrogen (secondary N) is 1. The molecule has 5 nitrogen and oxygen atoms in total. The molecule has 1 heterocycles. The van der Waals surface area contributed by atoms with E-state index in [0.29, 0.717) is 25.1 Å². The van der Waals surface area contributed by atoms with Crippen LogP contribution in [0.5, 0.6) is 5.75 Å². The Labute approximate surface area is 170 Å². The fourth-order valence-corrected chi connectivity index (χ4v) is 4.65. The van der Waals surface area contributed by atoms with E-state index in [1.54, 1.807) is 11.3 Å². The smallest absolute Gasteiger partial charge is 0.226 e. The topological polar surface area (TPSA) is 65.4 Å². The van der Waals surface area contributed by atoms with E-state index in [4.69, 9.17) is 4.74 Å². The zero-order valence-corrected chi connectivity index (χ0v) is 17.4. The lowest BCUT2D eigenvalue weighted by Crippen LogP contribution is -2.28. The molecule has 1 aromatic heterocycles. The number of ether oxygens (including phenoxy) is 1. The largest absolute Gasteiger partial charge is 0.492 e. The number of likely N-dealkylation sites (N-methyl/N-ethyl adjacent to an activating group) is 1. The monoisotopic (exact) mass is 397 g/mol. The molecular formula is C22H27N3O2S. The average Bonchev–Trinajstić information content (AvgIpc) is 3.03. The van der Waals surface area contributed by atoms with E-state index in [1.165, 1.54) is 16.9 Å². The average molecular weight is 398 g/mol. The highest BCUT2D eigenvalue weighted by molar-refractivity contribution is 7.16. The van der Waals surface area contributed by atoms with E-state index in [-0.39, 0.29) is 5.91 Å². The molecular weight excluding hydrogens is 370 g/mol. The number of nitriles is 1.